The molecule has 0 amide bonds. The van der Waals surface area contributed by atoms with Gasteiger partial charge < -0.3 is 6.92 Å². The summed E-state index contributed by atoms with van der Waals surface area (Å²) >= 11 is 0. The SMILES string of the molecule is [B]1CCCCC2=C1CCCC2.[CH2-]C.[Y]. The van der Waals surface area contributed by atoms with Crippen molar-refractivity contribution in [2.75, 3.05) is 0 Å². The molecule has 0 aromatic heterocycles. The van der Waals surface area contributed by atoms with Crippen LogP contribution in [-0.4, -0.2) is 7.28 Å². The van der Waals surface area contributed by atoms with Gasteiger partial charge in [0.1, 0.15) is 7.28 Å². The first kappa shape index (κ1) is 14.9. The van der Waals surface area contributed by atoms with E-state index < -0.39 is 0 Å². The molecule has 2 heteroatoms. The molecule has 2 radical (unpaired) electrons. The van der Waals surface area contributed by atoms with E-state index in [9.17, 15) is 0 Å². The molecular formula is C12H21BY-. The second-order valence-corrected chi connectivity index (χ2v) is 3.79. The van der Waals surface area contributed by atoms with Crippen LogP contribution in [0.2, 0.25) is 6.32 Å². The maximum atomic E-state index is 3.25. The minimum absolute atomic E-state index is 0. The number of hydrogen-bond donors (Lipinski definition) is 0. The fourth-order valence-electron chi connectivity index (χ4n) is 2.28. The number of hydrogen-bond acceptors (Lipinski definition) is 0. The summed E-state index contributed by atoms with van der Waals surface area (Å²) in [5, 5.41) is 0. The monoisotopic (exact) mass is 265 g/mol. The zero-order chi connectivity index (χ0) is 9.52. The van der Waals surface area contributed by atoms with E-state index in [0.717, 1.165) is 0 Å². The largest absolute Gasteiger partial charge is 0.346 e. The quantitative estimate of drug-likeness (QED) is 0.459. The van der Waals surface area contributed by atoms with Crippen LogP contribution in [0.25, 0.3) is 0 Å². The van der Waals surface area contributed by atoms with Crippen LogP contribution in [0.5, 0.6) is 0 Å². The molecule has 0 bridgehead atoms. The van der Waals surface area contributed by atoms with E-state index in [1.807, 2.05) is 0 Å². The van der Waals surface area contributed by atoms with Crippen LogP contribution in [0.4, 0.5) is 0 Å². The van der Waals surface area contributed by atoms with E-state index in [2.05, 4.69) is 14.2 Å². The minimum Gasteiger partial charge on any atom is -0.346 e. The van der Waals surface area contributed by atoms with Gasteiger partial charge in [0.2, 0.25) is 0 Å². The van der Waals surface area contributed by atoms with Gasteiger partial charge >= 0.3 is 0 Å². The van der Waals surface area contributed by atoms with Crippen molar-refractivity contribution in [2.24, 2.45) is 0 Å². The second kappa shape index (κ2) is 9.16. The van der Waals surface area contributed by atoms with E-state index in [4.69, 9.17) is 0 Å². The van der Waals surface area contributed by atoms with Gasteiger partial charge in [0, 0.05) is 32.7 Å². The number of rotatable bonds is 0. The maximum absolute atomic E-state index is 3.25. The van der Waals surface area contributed by atoms with Gasteiger partial charge in [-0.2, -0.15) is 6.92 Å². The summed E-state index contributed by atoms with van der Waals surface area (Å²) in [4.78, 5) is 0. The molecular weight excluding hydrogens is 244 g/mol. The molecule has 14 heavy (non-hydrogen) atoms. The van der Waals surface area contributed by atoms with Gasteiger partial charge in [-0.25, -0.2) is 0 Å². The summed E-state index contributed by atoms with van der Waals surface area (Å²) in [5.74, 6) is 0. The molecule has 1 aliphatic carbocycles. The van der Waals surface area contributed by atoms with Crippen molar-refractivity contribution in [1.29, 1.82) is 0 Å². The van der Waals surface area contributed by atoms with Gasteiger partial charge in [-0.05, 0) is 25.7 Å². The molecule has 0 aromatic carbocycles. The Hall–Kier alpha value is 0.909. The van der Waals surface area contributed by atoms with Gasteiger partial charge in [-0.15, -0.1) is 5.47 Å². The van der Waals surface area contributed by atoms with Crippen molar-refractivity contribution in [3.8, 4) is 0 Å². The Bertz CT molecular complexity index is 157. The standard InChI is InChI=1S/C10H16B.C2H5.Y/c1-2-7-10-9(5-1)6-3-4-8-11-10;1-2;/h1-8H2;1H2,2H3;/q;-1;. The van der Waals surface area contributed by atoms with Gasteiger partial charge in [0.15, 0.2) is 0 Å². The summed E-state index contributed by atoms with van der Waals surface area (Å²) in [5.41, 5.74) is 3.53. The van der Waals surface area contributed by atoms with Crippen LogP contribution >= 0.6 is 0 Å². The van der Waals surface area contributed by atoms with Crippen LogP contribution < -0.4 is 0 Å². The molecule has 0 aromatic rings. The van der Waals surface area contributed by atoms with E-state index >= 15 is 0 Å². The summed E-state index contributed by atoms with van der Waals surface area (Å²) in [7, 11) is 2.50. The third kappa shape index (κ3) is 4.62. The predicted molar refractivity (Wildman–Crippen MR) is 60.9 cm³/mol. The smallest absolute Gasteiger partial charge is 0.145 e. The van der Waals surface area contributed by atoms with E-state index in [1.165, 1.54) is 51.3 Å². The Kier molecular flexibility index (Phi) is 9.75. The Morgan fingerprint density at radius 1 is 0.929 bits per heavy atom. The third-order valence-electron chi connectivity index (χ3n) is 2.95. The van der Waals surface area contributed by atoms with Gasteiger partial charge in [-0.3, -0.25) is 0 Å². The molecule has 2 rings (SSSR count). The van der Waals surface area contributed by atoms with Crippen molar-refractivity contribution in [1.82, 2.24) is 0 Å². The van der Waals surface area contributed by atoms with E-state index in [1.54, 1.807) is 18.0 Å². The molecule has 2 aliphatic rings. The summed E-state index contributed by atoms with van der Waals surface area (Å²) in [6.45, 7) is 5.00. The van der Waals surface area contributed by atoms with Crippen LogP contribution in [0.15, 0.2) is 11.0 Å². The van der Waals surface area contributed by atoms with Crippen molar-refractivity contribution in [2.45, 2.75) is 58.2 Å². The molecule has 1 heterocycles. The molecule has 0 N–H and O–H groups in total. The summed E-state index contributed by atoms with van der Waals surface area (Å²) < 4.78 is 0. The molecule has 1 aliphatic heterocycles. The van der Waals surface area contributed by atoms with Crippen molar-refractivity contribution in [3.63, 3.8) is 0 Å². The van der Waals surface area contributed by atoms with Gasteiger partial charge in [0.05, 0.1) is 0 Å². The van der Waals surface area contributed by atoms with Gasteiger partial charge in [0.25, 0.3) is 0 Å². The topological polar surface area (TPSA) is 0 Å². The zero-order valence-corrected chi connectivity index (χ0v) is 12.4. The molecule has 0 saturated carbocycles. The predicted octanol–water partition coefficient (Wildman–Crippen LogP) is 3.96. The Morgan fingerprint density at radius 2 is 1.50 bits per heavy atom. The average Bonchev–Trinajstić information content (AvgIpc) is 2.45. The van der Waals surface area contributed by atoms with Crippen LogP contribution in [0.1, 0.15) is 51.9 Å². The molecule has 0 spiro atoms. The van der Waals surface area contributed by atoms with Crippen LogP contribution in [0, 0.1) is 6.92 Å². The van der Waals surface area contributed by atoms with Gasteiger partial charge in [-0.1, -0.05) is 31.2 Å². The molecule has 0 atom stereocenters. The fourth-order valence-corrected chi connectivity index (χ4v) is 2.28. The summed E-state index contributed by atoms with van der Waals surface area (Å²) in [6, 6.07) is 0. The first-order valence-electron chi connectivity index (χ1n) is 5.71. The molecule has 76 valence electrons. The normalized spacial score (nSPS) is 20.4. The Balaban J connectivity index is 0.000000531. The van der Waals surface area contributed by atoms with Crippen molar-refractivity contribution < 1.29 is 32.7 Å². The minimum atomic E-state index is 0. The van der Waals surface area contributed by atoms with Crippen LogP contribution in [0.3, 0.4) is 0 Å². The average molecular weight is 265 g/mol. The second-order valence-electron chi connectivity index (χ2n) is 3.79. The zero-order valence-electron chi connectivity index (χ0n) is 9.52. The molecule has 0 unspecified atom stereocenters. The Labute approximate surface area is 115 Å². The molecule has 0 saturated heterocycles. The fraction of sp³-hybridized carbons (Fsp3) is 0.750. The van der Waals surface area contributed by atoms with E-state index in [-0.39, 0.29) is 32.7 Å². The first-order chi connectivity index (χ1) is 6.47. The molecule has 0 nitrogen and oxygen atoms in total. The van der Waals surface area contributed by atoms with Crippen molar-refractivity contribution in [3.05, 3.63) is 18.0 Å². The first-order valence-corrected chi connectivity index (χ1v) is 5.71. The third-order valence-corrected chi connectivity index (χ3v) is 2.95. The Morgan fingerprint density at radius 3 is 2.21 bits per heavy atom. The van der Waals surface area contributed by atoms with Crippen LogP contribution in [-0.2, 0) is 32.7 Å². The summed E-state index contributed by atoms with van der Waals surface area (Å²) in [6.07, 6.45) is 11.3. The molecule has 0 fully saturated rings. The number of allylic oxidation sites excluding steroid dienone is 2. The maximum Gasteiger partial charge on any atom is 0.145 e. The van der Waals surface area contributed by atoms with E-state index in [0.29, 0.717) is 0 Å². The van der Waals surface area contributed by atoms with Crippen molar-refractivity contribution >= 4 is 7.28 Å².